The second kappa shape index (κ2) is 3.86. The molecule has 0 amide bonds. The van der Waals surface area contributed by atoms with Crippen molar-refractivity contribution in [3.63, 3.8) is 0 Å². The Morgan fingerprint density at radius 3 is 3.00 bits per heavy atom. The van der Waals surface area contributed by atoms with Crippen LogP contribution in [0.25, 0.3) is 0 Å². The highest BCUT2D eigenvalue weighted by molar-refractivity contribution is 5.65. The molecule has 0 fully saturated rings. The van der Waals surface area contributed by atoms with E-state index in [2.05, 4.69) is 5.32 Å². The van der Waals surface area contributed by atoms with E-state index in [1.54, 1.807) is 0 Å². The minimum atomic E-state index is -0.430. The van der Waals surface area contributed by atoms with Gasteiger partial charge in [-0.3, -0.25) is 10.1 Å². The normalized spacial score (nSPS) is 15.5. The first-order valence-electron chi connectivity index (χ1n) is 4.95. The van der Waals surface area contributed by atoms with Crippen LogP contribution in [0.3, 0.4) is 0 Å². The maximum atomic E-state index is 10.7. The molecule has 2 rings (SSSR count). The molecule has 80 valence electrons. The molecule has 5 heteroatoms. The first-order chi connectivity index (χ1) is 7.20. The molecule has 3 N–H and O–H groups in total. The van der Waals surface area contributed by atoms with Crippen molar-refractivity contribution in [2.24, 2.45) is 0 Å². The second-order valence-electron chi connectivity index (χ2n) is 3.67. The maximum Gasteiger partial charge on any atom is 0.292 e. The van der Waals surface area contributed by atoms with Crippen LogP contribution in [0.1, 0.15) is 17.5 Å². The van der Waals surface area contributed by atoms with Gasteiger partial charge >= 0.3 is 0 Å². The lowest BCUT2D eigenvalue weighted by atomic mass is 10.0. The van der Waals surface area contributed by atoms with Gasteiger partial charge in [0.15, 0.2) is 0 Å². The number of hydrogen-bond donors (Lipinski definition) is 2. The van der Waals surface area contributed by atoms with Crippen LogP contribution in [0.2, 0.25) is 0 Å². The summed E-state index contributed by atoms with van der Waals surface area (Å²) >= 11 is 0. The van der Waals surface area contributed by atoms with E-state index in [-0.39, 0.29) is 5.69 Å². The number of nitro benzene ring substituents is 1. The molecule has 0 atom stereocenters. The second-order valence-corrected chi connectivity index (χ2v) is 3.67. The van der Waals surface area contributed by atoms with Gasteiger partial charge in [-0.25, -0.2) is 0 Å². The fraction of sp³-hybridized carbons (Fsp3) is 0.400. The third kappa shape index (κ3) is 1.78. The van der Waals surface area contributed by atoms with Crippen molar-refractivity contribution in [2.75, 3.05) is 12.3 Å². The summed E-state index contributed by atoms with van der Waals surface area (Å²) < 4.78 is 0. The molecule has 0 aliphatic carbocycles. The summed E-state index contributed by atoms with van der Waals surface area (Å²) in [6.07, 6.45) is 1.98. The molecule has 1 aliphatic rings. The number of nitro groups is 1. The summed E-state index contributed by atoms with van der Waals surface area (Å²) in [5.41, 5.74) is 8.13. The Hall–Kier alpha value is -1.62. The Balaban J connectivity index is 2.50. The van der Waals surface area contributed by atoms with Crippen LogP contribution in [0, 0.1) is 10.1 Å². The van der Waals surface area contributed by atoms with Crippen LogP contribution in [-0.2, 0) is 13.0 Å². The van der Waals surface area contributed by atoms with Crippen LogP contribution >= 0.6 is 0 Å². The number of nitrogens with two attached hydrogens (primary N) is 1. The topological polar surface area (TPSA) is 81.2 Å². The zero-order valence-corrected chi connectivity index (χ0v) is 8.32. The predicted molar refractivity (Wildman–Crippen MR) is 57.5 cm³/mol. The zero-order chi connectivity index (χ0) is 10.8. The van der Waals surface area contributed by atoms with Crippen molar-refractivity contribution in [3.8, 4) is 0 Å². The molecule has 0 aromatic heterocycles. The lowest BCUT2D eigenvalue weighted by Gasteiger charge is -2.08. The van der Waals surface area contributed by atoms with Gasteiger partial charge in [-0.15, -0.1) is 0 Å². The number of anilines is 1. The number of hydrogen-bond acceptors (Lipinski definition) is 4. The molecular weight excluding hydrogens is 194 g/mol. The molecule has 1 aromatic rings. The molecule has 0 radical (unpaired) electrons. The number of nitrogens with zero attached hydrogens (tertiary/aromatic N) is 1. The van der Waals surface area contributed by atoms with Gasteiger partial charge in [0.05, 0.1) is 4.92 Å². The number of nitrogen functional groups attached to an aromatic ring is 1. The van der Waals surface area contributed by atoms with E-state index in [9.17, 15) is 10.1 Å². The third-order valence-corrected chi connectivity index (χ3v) is 2.73. The van der Waals surface area contributed by atoms with Gasteiger partial charge in [0.25, 0.3) is 5.69 Å². The highest BCUT2D eigenvalue weighted by atomic mass is 16.6. The van der Waals surface area contributed by atoms with Crippen molar-refractivity contribution in [2.45, 2.75) is 19.4 Å². The molecule has 0 saturated carbocycles. The molecule has 1 aliphatic heterocycles. The molecule has 0 unspecified atom stereocenters. The molecule has 1 aromatic carbocycles. The lowest BCUT2D eigenvalue weighted by molar-refractivity contribution is -0.384. The number of nitrogens with one attached hydrogen (secondary N) is 1. The van der Waals surface area contributed by atoms with Crippen molar-refractivity contribution in [1.29, 1.82) is 0 Å². The van der Waals surface area contributed by atoms with Crippen LogP contribution in [0.5, 0.6) is 0 Å². The van der Waals surface area contributed by atoms with Crippen LogP contribution in [-0.4, -0.2) is 11.5 Å². The van der Waals surface area contributed by atoms with Gasteiger partial charge in [0.1, 0.15) is 5.69 Å². The number of fused-ring (bicyclic) bond motifs is 1. The van der Waals surface area contributed by atoms with E-state index >= 15 is 0 Å². The average Bonchev–Trinajstić information content (AvgIpc) is 2.43. The quantitative estimate of drug-likeness (QED) is 0.412. The van der Waals surface area contributed by atoms with Crippen LogP contribution in [0.15, 0.2) is 12.1 Å². The Morgan fingerprint density at radius 1 is 1.47 bits per heavy atom. The molecule has 15 heavy (non-hydrogen) atoms. The number of rotatable bonds is 1. The highest BCUT2D eigenvalue weighted by Crippen LogP contribution is 2.29. The first kappa shape index (κ1) is 9.92. The predicted octanol–water partition coefficient (Wildman–Crippen LogP) is 1.21. The van der Waals surface area contributed by atoms with Crippen molar-refractivity contribution in [3.05, 3.63) is 33.4 Å². The summed E-state index contributed by atoms with van der Waals surface area (Å²) in [5, 5.41) is 13.9. The smallest absolute Gasteiger partial charge is 0.292 e. The van der Waals surface area contributed by atoms with E-state index in [0.717, 1.165) is 30.5 Å². The number of benzene rings is 1. The average molecular weight is 207 g/mol. The van der Waals surface area contributed by atoms with E-state index in [1.807, 2.05) is 6.07 Å². The van der Waals surface area contributed by atoms with Gasteiger partial charge in [0, 0.05) is 12.6 Å². The Bertz CT molecular complexity index is 404. The number of aryl methyl sites for hydroxylation is 1. The summed E-state index contributed by atoms with van der Waals surface area (Å²) in [6, 6.07) is 3.32. The fourth-order valence-electron chi connectivity index (χ4n) is 1.92. The van der Waals surface area contributed by atoms with Crippen LogP contribution < -0.4 is 11.1 Å². The van der Waals surface area contributed by atoms with Crippen molar-refractivity contribution < 1.29 is 4.92 Å². The van der Waals surface area contributed by atoms with Gasteiger partial charge in [0.2, 0.25) is 0 Å². The maximum absolute atomic E-state index is 10.7. The Labute approximate surface area is 87.4 Å². The molecular formula is C10H13N3O2. The van der Waals surface area contributed by atoms with E-state index in [1.165, 1.54) is 6.07 Å². The monoisotopic (exact) mass is 207 g/mol. The molecule has 0 bridgehead atoms. The first-order valence-corrected chi connectivity index (χ1v) is 4.95. The minimum Gasteiger partial charge on any atom is -0.393 e. The minimum absolute atomic E-state index is 0.0115. The summed E-state index contributed by atoms with van der Waals surface area (Å²) in [5.74, 6) is 0. The van der Waals surface area contributed by atoms with Gasteiger partial charge in [-0.1, -0.05) is 6.07 Å². The zero-order valence-electron chi connectivity index (χ0n) is 8.32. The molecule has 1 heterocycles. The van der Waals surface area contributed by atoms with Gasteiger partial charge in [-0.2, -0.15) is 0 Å². The van der Waals surface area contributed by atoms with Gasteiger partial charge < -0.3 is 11.1 Å². The Kier molecular flexibility index (Phi) is 2.55. The highest BCUT2D eigenvalue weighted by Gasteiger charge is 2.18. The molecule has 5 nitrogen and oxygen atoms in total. The lowest BCUT2D eigenvalue weighted by Crippen LogP contribution is -2.13. The molecule has 0 spiro atoms. The summed E-state index contributed by atoms with van der Waals surface area (Å²) in [4.78, 5) is 10.3. The van der Waals surface area contributed by atoms with E-state index < -0.39 is 4.92 Å². The standard InChI is InChI=1S/C10H13N3O2/c11-10-8-6-12-5-1-2-7(8)3-4-9(10)13(14)15/h3-4,12H,1-2,5-6,11H2. The Morgan fingerprint density at radius 2 is 2.27 bits per heavy atom. The SMILES string of the molecule is Nc1c([N+](=O)[O-])ccc2c1CNCCC2. The van der Waals surface area contributed by atoms with Crippen molar-refractivity contribution >= 4 is 11.4 Å². The van der Waals surface area contributed by atoms with Gasteiger partial charge in [-0.05, 0) is 30.5 Å². The summed E-state index contributed by atoms with van der Waals surface area (Å²) in [6.45, 7) is 1.56. The summed E-state index contributed by atoms with van der Waals surface area (Å²) in [7, 11) is 0. The fourth-order valence-corrected chi connectivity index (χ4v) is 1.92. The van der Waals surface area contributed by atoms with Crippen LogP contribution in [0.4, 0.5) is 11.4 Å². The van der Waals surface area contributed by atoms with E-state index in [0.29, 0.717) is 12.2 Å². The third-order valence-electron chi connectivity index (χ3n) is 2.73. The molecule has 0 saturated heterocycles. The largest absolute Gasteiger partial charge is 0.393 e. The van der Waals surface area contributed by atoms with E-state index in [4.69, 9.17) is 5.73 Å². The van der Waals surface area contributed by atoms with Crippen molar-refractivity contribution in [1.82, 2.24) is 5.32 Å².